The summed E-state index contributed by atoms with van der Waals surface area (Å²) in [6.45, 7) is 5.36. The smallest absolute Gasteiger partial charge is 0.353 e. The Labute approximate surface area is 106 Å². The van der Waals surface area contributed by atoms with Crippen molar-refractivity contribution in [2.24, 2.45) is 0 Å². The summed E-state index contributed by atoms with van der Waals surface area (Å²) in [5.74, 6) is 0.644. The number of hydrogen-bond acceptors (Lipinski definition) is 6. The molecule has 100 valence electrons. The SMILES string of the molecule is CCCNc1ncnc(N(C)CCC)c1[N+](=O)[O-]. The molecule has 7 heteroatoms. The summed E-state index contributed by atoms with van der Waals surface area (Å²) in [7, 11) is 1.79. The number of nitro groups is 1. The molecule has 0 saturated carbocycles. The molecule has 1 aromatic heterocycles. The molecule has 0 saturated heterocycles. The molecule has 0 aliphatic rings. The number of anilines is 2. The van der Waals surface area contributed by atoms with Crippen LogP contribution in [-0.2, 0) is 0 Å². The van der Waals surface area contributed by atoms with Crippen molar-refractivity contribution < 1.29 is 4.92 Å². The van der Waals surface area contributed by atoms with Gasteiger partial charge in [-0.1, -0.05) is 13.8 Å². The molecular weight excluding hydrogens is 234 g/mol. The van der Waals surface area contributed by atoms with Crippen LogP contribution in [0.5, 0.6) is 0 Å². The van der Waals surface area contributed by atoms with E-state index in [2.05, 4.69) is 15.3 Å². The molecule has 0 aliphatic carbocycles. The van der Waals surface area contributed by atoms with Gasteiger partial charge in [-0.25, -0.2) is 9.97 Å². The first-order valence-electron chi connectivity index (χ1n) is 6.06. The van der Waals surface area contributed by atoms with Crippen molar-refractivity contribution >= 4 is 17.3 Å². The van der Waals surface area contributed by atoms with Crippen LogP contribution >= 0.6 is 0 Å². The van der Waals surface area contributed by atoms with E-state index in [4.69, 9.17) is 0 Å². The second-order valence-electron chi connectivity index (χ2n) is 4.00. The summed E-state index contributed by atoms with van der Waals surface area (Å²) >= 11 is 0. The van der Waals surface area contributed by atoms with Crippen LogP contribution < -0.4 is 10.2 Å². The van der Waals surface area contributed by atoms with Crippen LogP contribution in [0, 0.1) is 10.1 Å². The Bertz CT molecular complexity index is 410. The molecule has 0 atom stereocenters. The van der Waals surface area contributed by atoms with Gasteiger partial charge in [-0.3, -0.25) is 10.1 Å². The van der Waals surface area contributed by atoms with Crippen molar-refractivity contribution in [3.8, 4) is 0 Å². The minimum absolute atomic E-state index is 0.0538. The van der Waals surface area contributed by atoms with Crippen LogP contribution in [0.2, 0.25) is 0 Å². The highest BCUT2D eigenvalue weighted by Gasteiger charge is 2.24. The van der Waals surface area contributed by atoms with E-state index in [-0.39, 0.29) is 11.5 Å². The summed E-state index contributed by atoms with van der Waals surface area (Å²) in [5.41, 5.74) is -0.0538. The molecule has 0 aromatic carbocycles. The predicted octanol–water partition coefficient (Wildman–Crippen LogP) is 2.05. The maximum Gasteiger partial charge on any atom is 0.353 e. The van der Waals surface area contributed by atoms with Crippen LogP contribution in [0.25, 0.3) is 0 Å². The number of nitrogens with zero attached hydrogens (tertiary/aromatic N) is 4. The molecule has 0 fully saturated rings. The normalized spacial score (nSPS) is 10.2. The van der Waals surface area contributed by atoms with Crippen LogP contribution in [0.4, 0.5) is 17.3 Å². The van der Waals surface area contributed by atoms with E-state index in [9.17, 15) is 10.1 Å². The van der Waals surface area contributed by atoms with Gasteiger partial charge >= 0.3 is 5.69 Å². The zero-order valence-corrected chi connectivity index (χ0v) is 11.0. The molecule has 0 aliphatic heterocycles. The van der Waals surface area contributed by atoms with Gasteiger partial charge in [-0.2, -0.15) is 0 Å². The summed E-state index contributed by atoms with van der Waals surface area (Å²) in [4.78, 5) is 20.5. The van der Waals surface area contributed by atoms with Crippen LogP contribution in [-0.4, -0.2) is 35.0 Å². The van der Waals surface area contributed by atoms with Crippen LogP contribution in [0.1, 0.15) is 26.7 Å². The highest BCUT2D eigenvalue weighted by molar-refractivity contribution is 5.69. The van der Waals surface area contributed by atoms with Gasteiger partial charge in [0.1, 0.15) is 6.33 Å². The van der Waals surface area contributed by atoms with Gasteiger partial charge in [-0.05, 0) is 12.8 Å². The van der Waals surface area contributed by atoms with Crippen molar-refractivity contribution in [2.45, 2.75) is 26.7 Å². The van der Waals surface area contributed by atoms with Crippen molar-refractivity contribution in [1.29, 1.82) is 0 Å². The maximum atomic E-state index is 11.2. The second-order valence-corrected chi connectivity index (χ2v) is 4.00. The molecule has 0 unspecified atom stereocenters. The lowest BCUT2D eigenvalue weighted by molar-refractivity contribution is -0.383. The summed E-state index contributed by atoms with van der Waals surface area (Å²) in [5, 5.41) is 14.1. The van der Waals surface area contributed by atoms with E-state index in [1.54, 1.807) is 11.9 Å². The van der Waals surface area contributed by atoms with Gasteiger partial charge in [-0.15, -0.1) is 0 Å². The zero-order chi connectivity index (χ0) is 13.5. The molecule has 0 bridgehead atoms. The average molecular weight is 253 g/mol. The van der Waals surface area contributed by atoms with E-state index in [0.29, 0.717) is 18.9 Å². The molecular formula is C11H19N5O2. The van der Waals surface area contributed by atoms with Crippen molar-refractivity contribution in [3.63, 3.8) is 0 Å². The lowest BCUT2D eigenvalue weighted by atomic mass is 10.3. The predicted molar refractivity (Wildman–Crippen MR) is 71.0 cm³/mol. The Morgan fingerprint density at radius 2 is 2.11 bits per heavy atom. The molecule has 1 heterocycles. The van der Waals surface area contributed by atoms with Gasteiger partial charge in [0.2, 0.25) is 11.6 Å². The Kier molecular flexibility index (Phi) is 5.29. The van der Waals surface area contributed by atoms with E-state index in [0.717, 1.165) is 12.8 Å². The fourth-order valence-electron chi connectivity index (χ4n) is 1.63. The Hall–Kier alpha value is -1.92. The first-order chi connectivity index (χ1) is 8.61. The van der Waals surface area contributed by atoms with Crippen LogP contribution in [0.3, 0.4) is 0 Å². The molecule has 0 amide bonds. The second kappa shape index (κ2) is 6.73. The zero-order valence-electron chi connectivity index (χ0n) is 11.0. The number of aromatic nitrogens is 2. The molecule has 1 rings (SSSR count). The Morgan fingerprint density at radius 3 is 2.67 bits per heavy atom. The number of rotatable bonds is 7. The average Bonchev–Trinajstić information content (AvgIpc) is 2.35. The third-order valence-electron chi connectivity index (χ3n) is 2.45. The first-order valence-corrected chi connectivity index (χ1v) is 6.06. The minimum atomic E-state index is -0.431. The van der Waals surface area contributed by atoms with Crippen molar-refractivity contribution in [1.82, 2.24) is 9.97 Å². The van der Waals surface area contributed by atoms with Gasteiger partial charge in [0.05, 0.1) is 4.92 Å². The summed E-state index contributed by atoms with van der Waals surface area (Å²) in [6, 6.07) is 0. The largest absolute Gasteiger partial charge is 0.364 e. The highest BCUT2D eigenvalue weighted by Crippen LogP contribution is 2.30. The van der Waals surface area contributed by atoms with Gasteiger partial charge in [0.15, 0.2) is 0 Å². The Morgan fingerprint density at radius 1 is 1.39 bits per heavy atom. The van der Waals surface area contributed by atoms with E-state index >= 15 is 0 Å². The maximum absolute atomic E-state index is 11.2. The monoisotopic (exact) mass is 253 g/mol. The van der Waals surface area contributed by atoms with Gasteiger partial charge < -0.3 is 10.2 Å². The molecule has 0 radical (unpaired) electrons. The molecule has 18 heavy (non-hydrogen) atoms. The molecule has 1 aromatic rings. The summed E-state index contributed by atoms with van der Waals surface area (Å²) in [6.07, 6.45) is 3.13. The van der Waals surface area contributed by atoms with E-state index in [1.807, 2.05) is 13.8 Å². The quantitative estimate of drug-likeness (QED) is 0.591. The molecule has 0 spiro atoms. The van der Waals surface area contributed by atoms with E-state index < -0.39 is 4.92 Å². The van der Waals surface area contributed by atoms with E-state index in [1.165, 1.54) is 6.33 Å². The molecule has 1 N–H and O–H groups in total. The number of hydrogen-bond donors (Lipinski definition) is 1. The third-order valence-corrected chi connectivity index (χ3v) is 2.45. The van der Waals surface area contributed by atoms with Crippen molar-refractivity contribution in [2.75, 3.05) is 30.4 Å². The van der Waals surface area contributed by atoms with Crippen LogP contribution in [0.15, 0.2) is 6.33 Å². The van der Waals surface area contributed by atoms with Crippen molar-refractivity contribution in [3.05, 3.63) is 16.4 Å². The highest BCUT2D eigenvalue weighted by atomic mass is 16.6. The third kappa shape index (κ3) is 3.28. The first kappa shape index (κ1) is 14.1. The fraction of sp³-hybridized carbons (Fsp3) is 0.636. The molecule has 7 nitrogen and oxygen atoms in total. The Balaban J connectivity index is 3.12. The standard InChI is InChI=1S/C11H19N5O2/c1-4-6-12-10-9(16(17)18)11(14-8-13-10)15(3)7-5-2/h8H,4-7H2,1-3H3,(H,12,13,14). The van der Waals surface area contributed by atoms with Gasteiger partial charge in [0, 0.05) is 20.1 Å². The fourth-order valence-corrected chi connectivity index (χ4v) is 1.63. The lowest BCUT2D eigenvalue weighted by Crippen LogP contribution is -2.21. The minimum Gasteiger partial charge on any atom is -0.364 e. The summed E-state index contributed by atoms with van der Waals surface area (Å²) < 4.78 is 0. The van der Waals surface area contributed by atoms with Gasteiger partial charge in [0.25, 0.3) is 0 Å². The number of nitrogens with one attached hydrogen (secondary N) is 1. The topological polar surface area (TPSA) is 84.2 Å². The lowest BCUT2D eigenvalue weighted by Gasteiger charge is -2.17.